The lowest BCUT2D eigenvalue weighted by atomic mass is 10.1. The summed E-state index contributed by atoms with van der Waals surface area (Å²) in [7, 11) is 0. The van der Waals surface area contributed by atoms with E-state index in [1.165, 1.54) is 12.1 Å². The Bertz CT molecular complexity index is 446. The van der Waals surface area contributed by atoms with Crippen molar-refractivity contribution in [3.8, 4) is 0 Å². The molecule has 6 heteroatoms. The van der Waals surface area contributed by atoms with E-state index >= 15 is 0 Å². The van der Waals surface area contributed by atoms with Crippen LogP contribution in [0.15, 0.2) is 18.2 Å². The predicted octanol–water partition coefficient (Wildman–Crippen LogP) is 2.90. The van der Waals surface area contributed by atoms with Crippen LogP contribution in [0.3, 0.4) is 0 Å². The average molecular weight is 252 g/mol. The van der Waals surface area contributed by atoms with Gasteiger partial charge in [0, 0.05) is 18.3 Å². The highest BCUT2D eigenvalue weighted by atomic mass is 16.6. The van der Waals surface area contributed by atoms with Gasteiger partial charge in [-0.25, -0.2) is 4.79 Å². The predicted molar refractivity (Wildman–Crippen MR) is 68.1 cm³/mol. The van der Waals surface area contributed by atoms with Crippen LogP contribution < -0.4 is 5.32 Å². The highest BCUT2D eigenvalue weighted by Crippen LogP contribution is 2.23. The van der Waals surface area contributed by atoms with E-state index in [0.717, 1.165) is 25.8 Å². The van der Waals surface area contributed by atoms with Crippen molar-refractivity contribution in [3.63, 3.8) is 0 Å². The maximum atomic E-state index is 10.8. The minimum absolute atomic E-state index is 0.292. The minimum Gasteiger partial charge on any atom is -0.477 e. The number of rotatable bonds is 7. The second-order valence-corrected chi connectivity index (χ2v) is 3.93. The molecule has 0 saturated heterocycles. The Hall–Kier alpha value is -2.11. The second-order valence-electron chi connectivity index (χ2n) is 3.93. The van der Waals surface area contributed by atoms with Crippen LogP contribution in [0.5, 0.6) is 0 Å². The van der Waals surface area contributed by atoms with E-state index in [2.05, 4.69) is 12.2 Å². The molecule has 18 heavy (non-hydrogen) atoms. The third kappa shape index (κ3) is 3.73. The number of nitrogens with one attached hydrogen (secondary N) is 1. The minimum atomic E-state index is -1.29. The van der Waals surface area contributed by atoms with Gasteiger partial charge in [0.2, 0.25) is 0 Å². The van der Waals surface area contributed by atoms with Crippen LogP contribution in [0.1, 0.15) is 36.5 Å². The van der Waals surface area contributed by atoms with Gasteiger partial charge < -0.3 is 10.4 Å². The van der Waals surface area contributed by atoms with Gasteiger partial charge in [0.15, 0.2) is 0 Å². The third-order valence-corrected chi connectivity index (χ3v) is 2.53. The number of anilines is 1. The Morgan fingerprint density at radius 3 is 2.72 bits per heavy atom. The summed E-state index contributed by atoms with van der Waals surface area (Å²) in [6, 6.07) is 4.06. The van der Waals surface area contributed by atoms with Crippen molar-refractivity contribution in [1.82, 2.24) is 0 Å². The van der Waals surface area contributed by atoms with E-state index in [9.17, 15) is 14.9 Å². The summed E-state index contributed by atoms with van der Waals surface area (Å²) in [4.78, 5) is 20.9. The van der Waals surface area contributed by atoms with Gasteiger partial charge in [-0.15, -0.1) is 0 Å². The second kappa shape index (κ2) is 6.58. The lowest BCUT2D eigenvalue weighted by molar-refractivity contribution is -0.385. The van der Waals surface area contributed by atoms with Crippen LogP contribution in [-0.4, -0.2) is 22.5 Å². The van der Waals surface area contributed by atoms with Gasteiger partial charge >= 0.3 is 5.97 Å². The number of hydrogen-bond acceptors (Lipinski definition) is 4. The van der Waals surface area contributed by atoms with Crippen molar-refractivity contribution in [2.24, 2.45) is 0 Å². The van der Waals surface area contributed by atoms with Gasteiger partial charge in [-0.2, -0.15) is 0 Å². The molecule has 1 aromatic carbocycles. The maximum absolute atomic E-state index is 10.8. The molecule has 0 bridgehead atoms. The van der Waals surface area contributed by atoms with E-state index in [-0.39, 0.29) is 11.3 Å². The lowest BCUT2D eigenvalue weighted by Crippen LogP contribution is -2.05. The number of nitro benzene ring substituents is 1. The van der Waals surface area contributed by atoms with Crippen LogP contribution in [0.25, 0.3) is 0 Å². The van der Waals surface area contributed by atoms with Crippen LogP contribution in [0.4, 0.5) is 11.4 Å². The molecule has 0 radical (unpaired) electrons. The van der Waals surface area contributed by atoms with E-state index < -0.39 is 10.9 Å². The number of carbonyl (C=O) groups is 1. The molecule has 1 rings (SSSR count). The molecule has 0 aromatic heterocycles. The Labute approximate surface area is 105 Å². The molecular weight excluding hydrogens is 236 g/mol. The van der Waals surface area contributed by atoms with Gasteiger partial charge in [0.25, 0.3) is 5.69 Å². The highest BCUT2D eigenvalue weighted by molar-refractivity contribution is 5.93. The van der Waals surface area contributed by atoms with Gasteiger partial charge in [0.1, 0.15) is 5.56 Å². The first-order valence-corrected chi connectivity index (χ1v) is 5.82. The van der Waals surface area contributed by atoms with E-state index in [1.807, 2.05) is 0 Å². The van der Waals surface area contributed by atoms with Crippen molar-refractivity contribution in [2.75, 3.05) is 11.9 Å². The standard InChI is InChI=1S/C12H16N2O4/c1-2-3-4-7-13-9-5-6-10(12(15)16)11(8-9)14(17)18/h5-6,8,13H,2-4,7H2,1H3,(H,15,16). The van der Waals surface area contributed by atoms with E-state index in [0.29, 0.717) is 5.69 Å². The molecule has 0 amide bonds. The van der Waals surface area contributed by atoms with Gasteiger partial charge in [0.05, 0.1) is 4.92 Å². The first-order valence-electron chi connectivity index (χ1n) is 5.82. The molecule has 0 fully saturated rings. The molecule has 0 atom stereocenters. The molecule has 0 spiro atoms. The Morgan fingerprint density at radius 1 is 1.44 bits per heavy atom. The van der Waals surface area contributed by atoms with Crippen molar-refractivity contribution in [3.05, 3.63) is 33.9 Å². The normalized spacial score (nSPS) is 10.1. The zero-order chi connectivity index (χ0) is 13.5. The van der Waals surface area contributed by atoms with Crippen molar-refractivity contribution in [1.29, 1.82) is 0 Å². The topological polar surface area (TPSA) is 92.5 Å². The van der Waals surface area contributed by atoms with Gasteiger partial charge in [-0.05, 0) is 18.6 Å². The molecule has 98 valence electrons. The summed E-state index contributed by atoms with van der Waals surface area (Å²) in [6.45, 7) is 2.81. The third-order valence-electron chi connectivity index (χ3n) is 2.53. The van der Waals surface area contributed by atoms with Crippen molar-refractivity contribution < 1.29 is 14.8 Å². The molecule has 0 saturated carbocycles. The maximum Gasteiger partial charge on any atom is 0.342 e. The molecule has 0 heterocycles. The van der Waals surface area contributed by atoms with Crippen LogP contribution in [0.2, 0.25) is 0 Å². The summed E-state index contributed by atoms with van der Waals surface area (Å²) >= 11 is 0. The quantitative estimate of drug-likeness (QED) is 0.442. The molecule has 0 aliphatic rings. The molecule has 0 aliphatic carbocycles. The summed E-state index contributed by atoms with van der Waals surface area (Å²) in [5, 5.41) is 22.6. The fraction of sp³-hybridized carbons (Fsp3) is 0.417. The summed E-state index contributed by atoms with van der Waals surface area (Å²) in [5.74, 6) is -1.29. The summed E-state index contributed by atoms with van der Waals surface area (Å²) < 4.78 is 0. The summed E-state index contributed by atoms with van der Waals surface area (Å²) in [6.07, 6.45) is 3.16. The number of hydrogen-bond donors (Lipinski definition) is 2. The van der Waals surface area contributed by atoms with Crippen LogP contribution >= 0.6 is 0 Å². The first-order chi connectivity index (χ1) is 8.56. The largest absolute Gasteiger partial charge is 0.477 e. The number of benzene rings is 1. The number of carboxylic acids is 1. The van der Waals surface area contributed by atoms with Crippen molar-refractivity contribution in [2.45, 2.75) is 26.2 Å². The average Bonchev–Trinajstić information content (AvgIpc) is 2.34. The Balaban J connectivity index is 2.80. The van der Waals surface area contributed by atoms with Gasteiger partial charge in [-0.3, -0.25) is 10.1 Å². The zero-order valence-electron chi connectivity index (χ0n) is 10.2. The van der Waals surface area contributed by atoms with Gasteiger partial charge in [-0.1, -0.05) is 19.8 Å². The van der Waals surface area contributed by atoms with Crippen LogP contribution in [-0.2, 0) is 0 Å². The molecule has 6 nitrogen and oxygen atoms in total. The molecule has 1 aromatic rings. The Kier molecular flexibility index (Phi) is 5.10. The van der Waals surface area contributed by atoms with Crippen LogP contribution in [0, 0.1) is 10.1 Å². The van der Waals surface area contributed by atoms with Crippen molar-refractivity contribution >= 4 is 17.3 Å². The number of nitrogens with zero attached hydrogens (tertiary/aromatic N) is 1. The number of nitro groups is 1. The lowest BCUT2D eigenvalue weighted by Gasteiger charge is -2.06. The summed E-state index contributed by atoms with van der Waals surface area (Å²) in [5.41, 5.74) is -0.107. The molecule has 0 aliphatic heterocycles. The molecular formula is C12H16N2O4. The SMILES string of the molecule is CCCCCNc1ccc(C(=O)O)c([N+](=O)[O-])c1. The smallest absolute Gasteiger partial charge is 0.342 e. The monoisotopic (exact) mass is 252 g/mol. The molecule has 0 unspecified atom stereocenters. The number of carboxylic acid groups (broad SMARTS) is 1. The number of aromatic carboxylic acids is 1. The fourth-order valence-electron chi connectivity index (χ4n) is 1.58. The van der Waals surface area contributed by atoms with E-state index in [4.69, 9.17) is 5.11 Å². The number of unbranched alkanes of at least 4 members (excludes halogenated alkanes) is 2. The molecule has 2 N–H and O–H groups in total. The Morgan fingerprint density at radius 2 is 2.17 bits per heavy atom. The highest BCUT2D eigenvalue weighted by Gasteiger charge is 2.19. The fourth-order valence-corrected chi connectivity index (χ4v) is 1.58. The zero-order valence-corrected chi connectivity index (χ0v) is 10.2. The first kappa shape index (κ1) is 14.0. The van der Waals surface area contributed by atoms with E-state index in [1.54, 1.807) is 6.07 Å².